The summed E-state index contributed by atoms with van der Waals surface area (Å²) in [6.45, 7) is 6.23. The molecule has 0 aliphatic carbocycles. The first-order valence-electron chi connectivity index (χ1n) is 5.87. The summed E-state index contributed by atoms with van der Waals surface area (Å²) >= 11 is 0. The van der Waals surface area contributed by atoms with Crippen LogP contribution < -0.4 is 0 Å². The largest absolute Gasteiger partial charge is 0.481 e. The Morgan fingerprint density at radius 1 is 1.53 bits per heavy atom. The fourth-order valence-corrected chi connectivity index (χ4v) is 2.28. The van der Waals surface area contributed by atoms with Gasteiger partial charge in [-0.15, -0.1) is 0 Å². The van der Waals surface area contributed by atoms with E-state index in [1.165, 1.54) is 0 Å². The molecule has 1 heterocycles. The van der Waals surface area contributed by atoms with Crippen LogP contribution in [0, 0.1) is 11.3 Å². The zero-order chi connectivity index (χ0) is 13.2. The number of rotatable bonds is 4. The van der Waals surface area contributed by atoms with E-state index < -0.39 is 5.97 Å². The molecule has 0 spiro atoms. The van der Waals surface area contributed by atoms with E-state index in [-0.39, 0.29) is 36.3 Å². The van der Waals surface area contributed by atoms with Crippen molar-refractivity contribution in [1.82, 2.24) is 4.90 Å². The normalized spacial score (nSPS) is 22.9. The first-order chi connectivity index (χ1) is 7.75. The molecule has 0 aromatic heterocycles. The quantitative estimate of drug-likeness (QED) is 0.762. The Bertz CT molecular complexity index is 308. The van der Waals surface area contributed by atoms with Gasteiger partial charge in [-0.2, -0.15) is 0 Å². The van der Waals surface area contributed by atoms with Crippen LogP contribution in [0.25, 0.3) is 0 Å². The second-order valence-corrected chi connectivity index (χ2v) is 5.78. The van der Waals surface area contributed by atoms with Crippen molar-refractivity contribution in [2.75, 3.05) is 13.2 Å². The second-order valence-electron chi connectivity index (χ2n) is 5.78. The SMILES string of the molecule is CC(C)(C)C(CC(=O)O)N1CC(CO)CC1=O. The molecule has 1 amide bonds. The lowest BCUT2D eigenvalue weighted by Gasteiger charge is -2.37. The van der Waals surface area contributed by atoms with Gasteiger partial charge in [-0.05, 0) is 5.41 Å². The molecule has 98 valence electrons. The van der Waals surface area contributed by atoms with E-state index in [0.717, 1.165) is 0 Å². The highest BCUT2D eigenvalue weighted by Gasteiger charge is 2.40. The Hall–Kier alpha value is -1.10. The average molecular weight is 243 g/mol. The number of aliphatic carboxylic acids is 1. The molecule has 1 aliphatic rings. The molecule has 2 unspecified atom stereocenters. The highest BCUT2D eigenvalue weighted by Crippen LogP contribution is 2.31. The molecule has 1 fully saturated rings. The summed E-state index contributed by atoms with van der Waals surface area (Å²) in [6, 6.07) is -0.316. The summed E-state index contributed by atoms with van der Waals surface area (Å²) in [4.78, 5) is 24.3. The summed E-state index contributed by atoms with van der Waals surface area (Å²) in [5, 5.41) is 18.0. The van der Waals surface area contributed by atoms with E-state index in [4.69, 9.17) is 10.2 Å². The molecule has 0 saturated carbocycles. The molecule has 0 radical (unpaired) electrons. The molecule has 17 heavy (non-hydrogen) atoms. The van der Waals surface area contributed by atoms with Crippen molar-refractivity contribution in [2.24, 2.45) is 11.3 Å². The molecule has 5 heteroatoms. The molecule has 1 rings (SSSR count). The van der Waals surface area contributed by atoms with E-state index in [2.05, 4.69) is 0 Å². The van der Waals surface area contributed by atoms with Crippen LogP contribution in [0.2, 0.25) is 0 Å². The molecule has 0 bridgehead atoms. The minimum absolute atomic E-state index is 0.0217. The number of aliphatic hydroxyl groups is 1. The predicted octanol–water partition coefficient (Wildman–Crippen LogP) is 0.717. The van der Waals surface area contributed by atoms with Crippen molar-refractivity contribution in [1.29, 1.82) is 0 Å². The number of carboxylic acids is 1. The number of amides is 1. The van der Waals surface area contributed by atoms with Crippen LogP contribution in [0.1, 0.15) is 33.6 Å². The first-order valence-corrected chi connectivity index (χ1v) is 5.87. The number of hydrogen-bond acceptors (Lipinski definition) is 3. The minimum Gasteiger partial charge on any atom is -0.481 e. The van der Waals surface area contributed by atoms with Crippen LogP contribution in [0.15, 0.2) is 0 Å². The van der Waals surface area contributed by atoms with Gasteiger partial charge in [-0.1, -0.05) is 20.8 Å². The zero-order valence-electron chi connectivity index (χ0n) is 10.6. The third-order valence-electron chi connectivity index (χ3n) is 3.24. The molecule has 1 aliphatic heterocycles. The number of carbonyl (C=O) groups excluding carboxylic acids is 1. The van der Waals surface area contributed by atoms with E-state index in [0.29, 0.717) is 13.0 Å². The molecule has 2 N–H and O–H groups in total. The highest BCUT2D eigenvalue weighted by atomic mass is 16.4. The smallest absolute Gasteiger partial charge is 0.305 e. The lowest BCUT2D eigenvalue weighted by atomic mass is 9.83. The van der Waals surface area contributed by atoms with Crippen LogP contribution in [-0.2, 0) is 9.59 Å². The lowest BCUT2D eigenvalue weighted by Crippen LogP contribution is -2.46. The lowest BCUT2D eigenvalue weighted by molar-refractivity contribution is -0.141. The van der Waals surface area contributed by atoms with E-state index >= 15 is 0 Å². The van der Waals surface area contributed by atoms with Crippen LogP contribution in [0.4, 0.5) is 0 Å². The fraction of sp³-hybridized carbons (Fsp3) is 0.833. The minimum atomic E-state index is -0.898. The number of carboxylic acid groups (broad SMARTS) is 1. The van der Waals surface area contributed by atoms with Crippen molar-refractivity contribution in [3.8, 4) is 0 Å². The van der Waals surface area contributed by atoms with Crippen molar-refractivity contribution in [3.05, 3.63) is 0 Å². The number of hydrogen-bond donors (Lipinski definition) is 2. The fourth-order valence-electron chi connectivity index (χ4n) is 2.28. The molecule has 0 aromatic rings. The summed E-state index contributed by atoms with van der Waals surface area (Å²) in [6.07, 6.45) is 0.274. The van der Waals surface area contributed by atoms with Crippen LogP contribution in [0.5, 0.6) is 0 Å². The van der Waals surface area contributed by atoms with Crippen molar-refractivity contribution in [3.63, 3.8) is 0 Å². The number of carbonyl (C=O) groups is 2. The molecule has 5 nitrogen and oxygen atoms in total. The molecular formula is C12H21NO4. The van der Waals surface area contributed by atoms with Gasteiger partial charge in [0.1, 0.15) is 0 Å². The standard InChI is InChI=1S/C12H21NO4/c1-12(2,3)9(5-11(16)17)13-6-8(7-14)4-10(13)15/h8-9,14H,4-7H2,1-3H3,(H,16,17). The van der Waals surface area contributed by atoms with Gasteiger partial charge in [0.05, 0.1) is 6.42 Å². The second kappa shape index (κ2) is 5.04. The Labute approximate surface area is 101 Å². The average Bonchev–Trinajstić information content (AvgIpc) is 2.54. The van der Waals surface area contributed by atoms with Crippen LogP contribution in [-0.4, -0.2) is 46.2 Å². The Morgan fingerprint density at radius 3 is 2.47 bits per heavy atom. The van der Waals surface area contributed by atoms with Gasteiger partial charge in [0, 0.05) is 31.5 Å². The maximum Gasteiger partial charge on any atom is 0.305 e. The topological polar surface area (TPSA) is 77.8 Å². The Kier molecular flexibility index (Phi) is 4.14. The molecular weight excluding hydrogens is 222 g/mol. The molecule has 0 aromatic carbocycles. The first kappa shape index (κ1) is 14.0. The number of nitrogens with zero attached hydrogens (tertiary/aromatic N) is 1. The Morgan fingerprint density at radius 2 is 2.12 bits per heavy atom. The predicted molar refractivity (Wildman–Crippen MR) is 62.4 cm³/mol. The maximum absolute atomic E-state index is 11.8. The van der Waals surface area contributed by atoms with Gasteiger partial charge in [0.2, 0.25) is 5.91 Å². The highest BCUT2D eigenvalue weighted by molar-refractivity contribution is 5.80. The van der Waals surface area contributed by atoms with Crippen LogP contribution >= 0.6 is 0 Å². The van der Waals surface area contributed by atoms with Gasteiger partial charge >= 0.3 is 5.97 Å². The third-order valence-corrected chi connectivity index (χ3v) is 3.24. The monoisotopic (exact) mass is 243 g/mol. The van der Waals surface area contributed by atoms with E-state index in [9.17, 15) is 9.59 Å². The van der Waals surface area contributed by atoms with Crippen LogP contribution in [0.3, 0.4) is 0 Å². The summed E-state index contributed by atoms with van der Waals surface area (Å²) in [5.74, 6) is -1.00. The van der Waals surface area contributed by atoms with Crippen molar-refractivity contribution >= 4 is 11.9 Å². The van der Waals surface area contributed by atoms with Gasteiger partial charge in [-0.3, -0.25) is 9.59 Å². The van der Waals surface area contributed by atoms with Gasteiger partial charge in [-0.25, -0.2) is 0 Å². The summed E-state index contributed by atoms with van der Waals surface area (Å²) < 4.78 is 0. The zero-order valence-corrected chi connectivity index (χ0v) is 10.6. The van der Waals surface area contributed by atoms with Crippen molar-refractivity contribution < 1.29 is 19.8 Å². The van der Waals surface area contributed by atoms with Crippen molar-refractivity contribution in [2.45, 2.75) is 39.7 Å². The number of likely N-dealkylation sites (tertiary alicyclic amines) is 1. The molecule has 1 saturated heterocycles. The van der Waals surface area contributed by atoms with E-state index in [1.807, 2.05) is 20.8 Å². The summed E-state index contributed by atoms with van der Waals surface area (Å²) in [7, 11) is 0. The molecule has 2 atom stereocenters. The van der Waals surface area contributed by atoms with Gasteiger partial charge in [0.25, 0.3) is 0 Å². The Balaban J connectivity index is 2.84. The van der Waals surface area contributed by atoms with Gasteiger partial charge in [0.15, 0.2) is 0 Å². The summed E-state index contributed by atoms with van der Waals surface area (Å²) in [5.41, 5.74) is -0.279. The number of aliphatic hydroxyl groups excluding tert-OH is 1. The van der Waals surface area contributed by atoms with Gasteiger partial charge < -0.3 is 15.1 Å². The van der Waals surface area contributed by atoms with E-state index in [1.54, 1.807) is 4.90 Å². The third kappa shape index (κ3) is 3.43. The maximum atomic E-state index is 11.8.